The van der Waals surface area contributed by atoms with Crippen LogP contribution in [0.15, 0.2) is 0 Å². The first-order valence-electron chi connectivity index (χ1n) is 7.49. The van der Waals surface area contributed by atoms with E-state index in [2.05, 4.69) is 31.4 Å². The molecule has 1 aliphatic carbocycles. The third-order valence-electron chi connectivity index (χ3n) is 4.24. The van der Waals surface area contributed by atoms with E-state index in [4.69, 9.17) is 5.11 Å². The van der Waals surface area contributed by atoms with E-state index in [0.29, 0.717) is 29.8 Å². The predicted molar refractivity (Wildman–Crippen MR) is 78.0 cm³/mol. The van der Waals surface area contributed by atoms with Gasteiger partial charge in [0.05, 0.1) is 0 Å². The molecule has 1 saturated carbocycles. The number of carbonyl (C=O) groups excluding carboxylic acids is 1. The van der Waals surface area contributed by atoms with Crippen LogP contribution in [-0.2, 0) is 0 Å². The highest BCUT2D eigenvalue weighted by atomic mass is 16.3. The summed E-state index contributed by atoms with van der Waals surface area (Å²) in [7, 11) is 0. The third kappa shape index (κ3) is 5.81. The zero-order valence-electron chi connectivity index (χ0n) is 12.8. The number of nitrogens with one attached hydrogen (secondary N) is 2. The van der Waals surface area contributed by atoms with Crippen LogP contribution in [0.25, 0.3) is 0 Å². The first-order chi connectivity index (χ1) is 8.84. The van der Waals surface area contributed by atoms with E-state index >= 15 is 0 Å². The molecular formula is C15H30N2O2. The summed E-state index contributed by atoms with van der Waals surface area (Å²) in [6.07, 6.45) is 4.13. The van der Waals surface area contributed by atoms with Gasteiger partial charge < -0.3 is 15.7 Å². The fourth-order valence-corrected chi connectivity index (χ4v) is 2.97. The van der Waals surface area contributed by atoms with Gasteiger partial charge in [-0.2, -0.15) is 0 Å². The van der Waals surface area contributed by atoms with Gasteiger partial charge in [0.25, 0.3) is 0 Å². The van der Waals surface area contributed by atoms with Crippen LogP contribution >= 0.6 is 0 Å². The quantitative estimate of drug-likeness (QED) is 0.719. The minimum absolute atomic E-state index is 0.0682. The lowest BCUT2D eigenvalue weighted by Crippen LogP contribution is -2.48. The molecule has 3 atom stereocenters. The largest absolute Gasteiger partial charge is 0.396 e. The molecule has 1 fully saturated rings. The molecule has 0 bridgehead atoms. The van der Waals surface area contributed by atoms with Crippen LogP contribution in [0.2, 0.25) is 0 Å². The first-order valence-corrected chi connectivity index (χ1v) is 7.49. The SMILES string of the molecule is CC(CCO)CNC(=O)NC1CCC(C)(C)CC1C. The molecule has 0 heterocycles. The second-order valence-electron chi connectivity index (χ2n) is 6.96. The Hall–Kier alpha value is -0.770. The van der Waals surface area contributed by atoms with Gasteiger partial charge in [-0.05, 0) is 42.9 Å². The molecule has 1 rings (SSSR count). The Morgan fingerprint density at radius 3 is 2.74 bits per heavy atom. The Morgan fingerprint density at radius 2 is 2.16 bits per heavy atom. The molecular weight excluding hydrogens is 240 g/mol. The highest BCUT2D eigenvalue weighted by Crippen LogP contribution is 2.38. The Morgan fingerprint density at radius 1 is 1.47 bits per heavy atom. The number of hydrogen-bond donors (Lipinski definition) is 3. The van der Waals surface area contributed by atoms with Crippen LogP contribution in [0.1, 0.15) is 53.4 Å². The summed E-state index contributed by atoms with van der Waals surface area (Å²) >= 11 is 0. The zero-order valence-corrected chi connectivity index (χ0v) is 12.8. The highest BCUT2D eigenvalue weighted by Gasteiger charge is 2.32. The highest BCUT2D eigenvalue weighted by molar-refractivity contribution is 5.74. The van der Waals surface area contributed by atoms with E-state index in [1.165, 1.54) is 12.8 Å². The summed E-state index contributed by atoms with van der Waals surface area (Å²) < 4.78 is 0. The van der Waals surface area contributed by atoms with Gasteiger partial charge in [0.1, 0.15) is 0 Å². The minimum Gasteiger partial charge on any atom is -0.396 e. The van der Waals surface area contributed by atoms with E-state index < -0.39 is 0 Å². The number of aliphatic hydroxyl groups is 1. The molecule has 0 aromatic carbocycles. The second-order valence-corrected chi connectivity index (χ2v) is 6.96. The Labute approximate surface area is 117 Å². The van der Waals surface area contributed by atoms with E-state index in [9.17, 15) is 4.79 Å². The molecule has 4 heteroatoms. The molecule has 2 amide bonds. The molecule has 1 aliphatic rings. The van der Waals surface area contributed by atoms with Crippen LogP contribution in [0.5, 0.6) is 0 Å². The van der Waals surface area contributed by atoms with Crippen molar-refractivity contribution >= 4 is 6.03 Å². The smallest absolute Gasteiger partial charge is 0.315 e. The van der Waals surface area contributed by atoms with Gasteiger partial charge in [-0.1, -0.05) is 27.7 Å². The molecule has 19 heavy (non-hydrogen) atoms. The Kier molecular flexibility index (Phi) is 6.11. The molecule has 3 unspecified atom stereocenters. The first kappa shape index (κ1) is 16.3. The van der Waals surface area contributed by atoms with Gasteiger partial charge in [-0.25, -0.2) is 4.79 Å². The van der Waals surface area contributed by atoms with Gasteiger partial charge in [-0.3, -0.25) is 0 Å². The van der Waals surface area contributed by atoms with Gasteiger partial charge in [0.2, 0.25) is 0 Å². The molecule has 0 aromatic rings. The van der Waals surface area contributed by atoms with E-state index in [1.54, 1.807) is 0 Å². The number of carbonyl (C=O) groups is 1. The average molecular weight is 270 g/mol. The topological polar surface area (TPSA) is 61.4 Å². The minimum atomic E-state index is -0.0682. The maximum absolute atomic E-state index is 11.8. The fraction of sp³-hybridized carbons (Fsp3) is 0.933. The monoisotopic (exact) mass is 270 g/mol. The zero-order chi connectivity index (χ0) is 14.5. The lowest BCUT2D eigenvalue weighted by Gasteiger charge is -2.39. The standard InChI is InChI=1S/C15H30N2O2/c1-11(6-8-18)10-16-14(19)17-13-5-7-15(3,4)9-12(13)2/h11-13,18H,5-10H2,1-4H3,(H2,16,17,19). The summed E-state index contributed by atoms with van der Waals surface area (Å²) in [5.41, 5.74) is 0.406. The van der Waals surface area contributed by atoms with Gasteiger partial charge in [-0.15, -0.1) is 0 Å². The average Bonchev–Trinajstić information content (AvgIpc) is 2.30. The molecule has 4 nitrogen and oxygen atoms in total. The lowest BCUT2D eigenvalue weighted by molar-refractivity contribution is 0.149. The Bertz CT molecular complexity index is 292. The molecule has 3 N–H and O–H groups in total. The van der Waals surface area contributed by atoms with Crippen LogP contribution in [0, 0.1) is 17.3 Å². The molecule has 112 valence electrons. The number of hydrogen-bond acceptors (Lipinski definition) is 2. The maximum atomic E-state index is 11.8. The summed E-state index contributed by atoms with van der Waals surface area (Å²) in [6, 6.07) is 0.225. The number of rotatable bonds is 5. The number of amides is 2. The Balaban J connectivity index is 2.29. The van der Waals surface area contributed by atoms with Crippen molar-refractivity contribution in [2.45, 2.75) is 59.4 Å². The summed E-state index contributed by atoms with van der Waals surface area (Å²) in [4.78, 5) is 11.8. The van der Waals surface area contributed by atoms with Gasteiger partial charge in [0.15, 0.2) is 0 Å². The number of urea groups is 1. The molecule has 0 aromatic heterocycles. The fourth-order valence-electron chi connectivity index (χ4n) is 2.97. The van der Waals surface area contributed by atoms with Gasteiger partial charge in [0, 0.05) is 19.2 Å². The maximum Gasteiger partial charge on any atom is 0.315 e. The van der Waals surface area contributed by atoms with Crippen molar-refractivity contribution in [1.29, 1.82) is 0 Å². The predicted octanol–water partition coefficient (Wildman–Crippen LogP) is 2.52. The van der Waals surface area contributed by atoms with Crippen LogP contribution in [0.4, 0.5) is 4.79 Å². The van der Waals surface area contributed by atoms with Crippen LogP contribution in [0.3, 0.4) is 0 Å². The van der Waals surface area contributed by atoms with Crippen molar-refractivity contribution in [2.24, 2.45) is 17.3 Å². The van der Waals surface area contributed by atoms with Crippen molar-refractivity contribution in [3.63, 3.8) is 0 Å². The summed E-state index contributed by atoms with van der Waals surface area (Å²) in [5.74, 6) is 0.850. The van der Waals surface area contributed by atoms with E-state index in [1.807, 2.05) is 6.92 Å². The van der Waals surface area contributed by atoms with E-state index in [-0.39, 0.29) is 12.6 Å². The van der Waals surface area contributed by atoms with Gasteiger partial charge >= 0.3 is 6.03 Å². The van der Waals surface area contributed by atoms with E-state index in [0.717, 1.165) is 12.8 Å². The normalized spacial score (nSPS) is 27.6. The second kappa shape index (κ2) is 7.13. The molecule has 0 aliphatic heterocycles. The van der Waals surface area contributed by atoms with Crippen molar-refractivity contribution < 1.29 is 9.90 Å². The van der Waals surface area contributed by atoms with Crippen molar-refractivity contribution in [3.05, 3.63) is 0 Å². The third-order valence-corrected chi connectivity index (χ3v) is 4.24. The number of aliphatic hydroxyl groups excluding tert-OH is 1. The van der Waals surface area contributed by atoms with Crippen molar-refractivity contribution in [1.82, 2.24) is 10.6 Å². The van der Waals surface area contributed by atoms with Crippen molar-refractivity contribution in [2.75, 3.05) is 13.2 Å². The molecule has 0 saturated heterocycles. The van der Waals surface area contributed by atoms with Crippen molar-refractivity contribution in [3.8, 4) is 0 Å². The lowest BCUT2D eigenvalue weighted by atomic mass is 9.70. The molecule has 0 spiro atoms. The molecule has 0 radical (unpaired) electrons. The summed E-state index contributed by atoms with van der Waals surface area (Å²) in [5, 5.41) is 14.8. The van der Waals surface area contributed by atoms with Crippen LogP contribution in [-0.4, -0.2) is 30.3 Å². The summed E-state index contributed by atoms with van der Waals surface area (Å²) in [6.45, 7) is 9.66. The van der Waals surface area contributed by atoms with Crippen LogP contribution < -0.4 is 10.6 Å².